The summed E-state index contributed by atoms with van der Waals surface area (Å²) in [6, 6.07) is 0. The van der Waals surface area contributed by atoms with Crippen LogP contribution in [0.15, 0.2) is 0 Å². The molecule has 1 aliphatic rings. The van der Waals surface area contributed by atoms with Gasteiger partial charge in [-0.1, -0.05) is 13.8 Å². The molecule has 0 bridgehead atoms. The van der Waals surface area contributed by atoms with E-state index in [1.165, 1.54) is 13.0 Å². The maximum atomic E-state index is 10.7. The van der Waals surface area contributed by atoms with Crippen LogP contribution in [-0.2, 0) is 4.79 Å². The maximum absolute atomic E-state index is 10.7. The molecule has 0 unspecified atom stereocenters. The van der Waals surface area contributed by atoms with E-state index in [0.29, 0.717) is 6.42 Å². The van der Waals surface area contributed by atoms with Gasteiger partial charge >= 0.3 is 0 Å². The first-order chi connectivity index (χ1) is 8.72. The van der Waals surface area contributed by atoms with E-state index in [1.807, 2.05) is 20.9 Å². The molecule has 0 aromatic rings. The van der Waals surface area contributed by atoms with Crippen molar-refractivity contribution in [2.75, 3.05) is 52.9 Å². The molecule has 1 saturated heterocycles. The van der Waals surface area contributed by atoms with Crippen molar-refractivity contribution in [2.24, 2.45) is 5.73 Å². The average molecular weight is 258 g/mol. The second kappa shape index (κ2) is 11.4. The van der Waals surface area contributed by atoms with Gasteiger partial charge in [0.05, 0.1) is 0 Å². The molecule has 5 heteroatoms. The largest absolute Gasteiger partial charge is 0.370 e. The molecular formula is C13H30N4O. The molecule has 0 saturated carbocycles. The van der Waals surface area contributed by atoms with Crippen molar-refractivity contribution in [3.05, 3.63) is 0 Å². The molecule has 0 aromatic carbocycles. The van der Waals surface area contributed by atoms with Gasteiger partial charge in [-0.25, -0.2) is 0 Å². The van der Waals surface area contributed by atoms with Crippen LogP contribution >= 0.6 is 0 Å². The van der Waals surface area contributed by atoms with Crippen molar-refractivity contribution in [2.45, 2.75) is 26.7 Å². The second-order valence-corrected chi connectivity index (χ2v) is 4.36. The highest BCUT2D eigenvalue weighted by Gasteiger charge is 2.16. The summed E-state index contributed by atoms with van der Waals surface area (Å²) < 4.78 is 0. The number of hydrogen-bond acceptors (Lipinski definition) is 4. The molecule has 0 spiro atoms. The van der Waals surface area contributed by atoms with Gasteiger partial charge in [-0.2, -0.15) is 0 Å². The molecule has 0 aromatic heterocycles. The lowest BCUT2D eigenvalue weighted by molar-refractivity contribution is -0.118. The molecule has 5 nitrogen and oxygen atoms in total. The summed E-state index contributed by atoms with van der Waals surface area (Å²) in [5.41, 5.74) is 5.13. The number of amides is 1. The van der Waals surface area contributed by atoms with Crippen LogP contribution in [0.5, 0.6) is 0 Å². The van der Waals surface area contributed by atoms with E-state index in [-0.39, 0.29) is 5.91 Å². The van der Waals surface area contributed by atoms with Crippen LogP contribution in [0, 0.1) is 0 Å². The number of nitrogens with two attached hydrogens (primary N) is 1. The van der Waals surface area contributed by atoms with E-state index in [9.17, 15) is 4.79 Å². The summed E-state index contributed by atoms with van der Waals surface area (Å²) in [5, 5.41) is 3.16. The highest BCUT2D eigenvalue weighted by molar-refractivity contribution is 5.73. The van der Waals surface area contributed by atoms with Gasteiger partial charge in [0.25, 0.3) is 0 Å². The smallest absolute Gasteiger partial charge is 0.218 e. The van der Waals surface area contributed by atoms with E-state index in [4.69, 9.17) is 5.73 Å². The Bertz CT molecular complexity index is 203. The summed E-state index contributed by atoms with van der Waals surface area (Å²) in [6.45, 7) is 11.4. The average Bonchev–Trinajstić information content (AvgIpc) is 2.40. The van der Waals surface area contributed by atoms with Crippen LogP contribution in [0.25, 0.3) is 0 Å². The first kappa shape index (κ1) is 17.4. The molecule has 1 fully saturated rings. The molecule has 108 valence electrons. The topological polar surface area (TPSA) is 61.6 Å². The Morgan fingerprint density at radius 3 is 2.06 bits per heavy atom. The lowest BCUT2D eigenvalue weighted by atomic mass is 10.2. The van der Waals surface area contributed by atoms with Gasteiger partial charge in [0.1, 0.15) is 0 Å². The fourth-order valence-corrected chi connectivity index (χ4v) is 1.98. The predicted octanol–water partition coefficient (Wildman–Crippen LogP) is 0.115. The van der Waals surface area contributed by atoms with Gasteiger partial charge in [0, 0.05) is 39.1 Å². The molecule has 1 rings (SSSR count). The van der Waals surface area contributed by atoms with Crippen LogP contribution in [-0.4, -0.2) is 68.6 Å². The molecule has 1 heterocycles. The van der Waals surface area contributed by atoms with Gasteiger partial charge in [0.2, 0.25) is 5.91 Å². The Morgan fingerprint density at radius 2 is 1.61 bits per heavy atom. The minimum atomic E-state index is -0.198. The lowest BCUT2D eigenvalue weighted by Crippen LogP contribution is -2.47. The SMILES string of the molecule is CC.CNCCCN1CCN(CCC(N)=O)CC1. The summed E-state index contributed by atoms with van der Waals surface area (Å²) in [6.07, 6.45) is 1.69. The predicted molar refractivity (Wildman–Crippen MR) is 76.6 cm³/mol. The minimum absolute atomic E-state index is 0.198. The molecule has 3 N–H and O–H groups in total. The fourth-order valence-electron chi connectivity index (χ4n) is 1.98. The van der Waals surface area contributed by atoms with Crippen LogP contribution in [0.1, 0.15) is 26.7 Å². The van der Waals surface area contributed by atoms with E-state index in [1.54, 1.807) is 0 Å². The first-order valence-electron chi connectivity index (χ1n) is 7.10. The Balaban J connectivity index is 0.00000137. The zero-order valence-corrected chi connectivity index (χ0v) is 12.2. The number of nitrogens with one attached hydrogen (secondary N) is 1. The lowest BCUT2D eigenvalue weighted by Gasteiger charge is -2.34. The monoisotopic (exact) mass is 258 g/mol. The Kier molecular flexibility index (Phi) is 11.0. The summed E-state index contributed by atoms with van der Waals surface area (Å²) in [5.74, 6) is -0.198. The summed E-state index contributed by atoms with van der Waals surface area (Å²) >= 11 is 0. The van der Waals surface area contributed by atoms with Crippen molar-refractivity contribution in [1.29, 1.82) is 0 Å². The molecule has 0 radical (unpaired) electrons. The Labute approximate surface area is 112 Å². The van der Waals surface area contributed by atoms with Crippen molar-refractivity contribution >= 4 is 5.91 Å². The molecule has 1 amide bonds. The molecular weight excluding hydrogens is 228 g/mol. The Morgan fingerprint density at radius 1 is 1.11 bits per heavy atom. The van der Waals surface area contributed by atoms with Crippen molar-refractivity contribution in [3.63, 3.8) is 0 Å². The van der Waals surface area contributed by atoms with Crippen LogP contribution in [0.3, 0.4) is 0 Å². The van der Waals surface area contributed by atoms with Gasteiger partial charge < -0.3 is 20.9 Å². The normalized spacial score (nSPS) is 17.1. The van der Waals surface area contributed by atoms with Gasteiger partial charge in [-0.05, 0) is 26.6 Å². The number of piperazine rings is 1. The van der Waals surface area contributed by atoms with Gasteiger partial charge in [-0.15, -0.1) is 0 Å². The highest BCUT2D eigenvalue weighted by Crippen LogP contribution is 2.02. The zero-order chi connectivity index (χ0) is 13.8. The van der Waals surface area contributed by atoms with Crippen LogP contribution in [0.2, 0.25) is 0 Å². The maximum Gasteiger partial charge on any atom is 0.218 e. The number of carbonyl (C=O) groups excluding carboxylic acids is 1. The van der Waals surface area contributed by atoms with Gasteiger partial charge in [0.15, 0.2) is 0 Å². The second-order valence-electron chi connectivity index (χ2n) is 4.36. The number of hydrogen-bond donors (Lipinski definition) is 2. The minimum Gasteiger partial charge on any atom is -0.370 e. The number of primary amides is 1. The van der Waals surface area contributed by atoms with E-state index < -0.39 is 0 Å². The quantitative estimate of drug-likeness (QED) is 0.637. The standard InChI is InChI=1S/C11H24N4O.C2H6/c1-13-4-2-5-14-7-9-15(10-8-14)6-3-11(12)16;1-2/h13H,2-10H2,1H3,(H2,12,16);1-2H3. The summed E-state index contributed by atoms with van der Waals surface area (Å²) in [7, 11) is 1.99. The van der Waals surface area contributed by atoms with E-state index in [0.717, 1.165) is 39.3 Å². The van der Waals surface area contributed by atoms with Gasteiger partial charge in [-0.3, -0.25) is 4.79 Å². The van der Waals surface area contributed by atoms with E-state index in [2.05, 4.69) is 15.1 Å². The van der Waals surface area contributed by atoms with E-state index >= 15 is 0 Å². The molecule has 0 aliphatic carbocycles. The highest BCUT2D eigenvalue weighted by atomic mass is 16.1. The van der Waals surface area contributed by atoms with Crippen molar-refractivity contribution in [3.8, 4) is 0 Å². The van der Waals surface area contributed by atoms with Crippen LogP contribution in [0.4, 0.5) is 0 Å². The Hall–Kier alpha value is -0.650. The molecule has 1 aliphatic heterocycles. The third kappa shape index (κ3) is 8.44. The van der Waals surface area contributed by atoms with Crippen LogP contribution < -0.4 is 11.1 Å². The first-order valence-corrected chi connectivity index (χ1v) is 7.10. The number of rotatable bonds is 7. The third-order valence-corrected chi connectivity index (χ3v) is 3.04. The third-order valence-electron chi connectivity index (χ3n) is 3.04. The summed E-state index contributed by atoms with van der Waals surface area (Å²) in [4.78, 5) is 15.5. The zero-order valence-electron chi connectivity index (χ0n) is 12.2. The van der Waals surface area contributed by atoms with Crippen molar-refractivity contribution in [1.82, 2.24) is 15.1 Å². The van der Waals surface area contributed by atoms with Crippen molar-refractivity contribution < 1.29 is 4.79 Å². The number of nitrogens with zero attached hydrogens (tertiary/aromatic N) is 2. The molecule has 0 atom stereocenters. The fraction of sp³-hybridized carbons (Fsp3) is 0.923. The molecule has 18 heavy (non-hydrogen) atoms. The number of carbonyl (C=O) groups is 1.